The molecule has 3 unspecified atom stereocenters. The third kappa shape index (κ3) is 8.39. The van der Waals surface area contributed by atoms with Gasteiger partial charge < -0.3 is 15.7 Å². The average molecular weight is 216 g/mol. The van der Waals surface area contributed by atoms with Crippen molar-refractivity contribution in [2.75, 3.05) is 6.54 Å². The molecule has 0 aliphatic rings. The van der Waals surface area contributed by atoms with E-state index in [1.807, 2.05) is 13.8 Å². The summed E-state index contributed by atoms with van der Waals surface area (Å²) in [6, 6.07) is 0.388. The Hall–Kier alpha value is -0.610. The van der Waals surface area contributed by atoms with E-state index >= 15 is 0 Å². The smallest absolute Gasteiger partial charge is 0.234 e. The fourth-order valence-electron chi connectivity index (χ4n) is 1.31. The summed E-state index contributed by atoms with van der Waals surface area (Å²) in [6.45, 7) is 8.09. The highest BCUT2D eigenvalue weighted by molar-refractivity contribution is 5.78. The highest BCUT2D eigenvalue weighted by atomic mass is 16.3. The van der Waals surface area contributed by atoms with Gasteiger partial charge in [-0.3, -0.25) is 4.79 Å². The van der Waals surface area contributed by atoms with E-state index in [0.29, 0.717) is 19.0 Å². The van der Waals surface area contributed by atoms with Gasteiger partial charge in [-0.25, -0.2) is 0 Å². The van der Waals surface area contributed by atoms with Gasteiger partial charge >= 0.3 is 0 Å². The van der Waals surface area contributed by atoms with Crippen molar-refractivity contribution in [2.24, 2.45) is 0 Å². The molecule has 0 saturated heterocycles. The first kappa shape index (κ1) is 14.4. The summed E-state index contributed by atoms with van der Waals surface area (Å²) >= 11 is 0. The maximum Gasteiger partial charge on any atom is 0.234 e. The molecule has 90 valence electrons. The number of amides is 1. The highest BCUT2D eigenvalue weighted by Gasteiger charge is 2.09. The third-order valence-electron chi connectivity index (χ3n) is 2.33. The fraction of sp³-hybridized carbons (Fsp3) is 0.909. The van der Waals surface area contributed by atoms with Crippen LogP contribution in [0.1, 0.15) is 40.5 Å². The van der Waals surface area contributed by atoms with Crippen LogP contribution in [0.2, 0.25) is 0 Å². The van der Waals surface area contributed by atoms with Crippen LogP contribution in [0, 0.1) is 0 Å². The number of aliphatic hydroxyl groups excluding tert-OH is 1. The predicted octanol–water partition coefficient (Wildman–Crippen LogP) is 0.650. The van der Waals surface area contributed by atoms with Gasteiger partial charge in [0.25, 0.3) is 0 Å². The molecule has 4 nitrogen and oxygen atoms in total. The van der Waals surface area contributed by atoms with E-state index in [1.165, 1.54) is 0 Å². The van der Waals surface area contributed by atoms with Gasteiger partial charge in [0.15, 0.2) is 0 Å². The van der Waals surface area contributed by atoms with Crippen molar-refractivity contribution in [3.8, 4) is 0 Å². The second kappa shape index (κ2) is 7.65. The molecule has 0 rings (SSSR count). The lowest BCUT2D eigenvalue weighted by atomic mass is 10.1. The minimum Gasteiger partial charge on any atom is -0.393 e. The SMILES string of the molecule is CCC(C)NCC(=O)NC(C)CC(C)O. The monoisotopic (exact) mass is 216 g/mol. The van der Waals surface area contributed by atoms with E-state index in [9.17, 15) is 4.79 Å². The second-order valence-corrected chi connectivity index (χ2v) is 4.24. The molecule has 0 aromatic rings. The van der Waals surface area contributed by atoms with Gasteiger partial charge in [-0.05, 0) is 33.6 Å². The summed E-state index contributed by atoms with van der Waals surface area (Å²) < 4.78 is 0. The zero-order valence-electron chi connectivity index (χ0n) is 10.2. The van der Waals surface area contributed by atoms with E-state index in [0.717, 1.165) is 6.42 Å². The minimum absolute atomic E-state index is 0.0107. The van der Waals surface area contributed by atoms with Gasteiger partial charge in [0.1, 0.15) is 0 Å². The van der Waals surface area contributed by atoms with E-state index in [2.05, 4.69) is 17.6 Å². The molecular formula is C11H24N2O2. The quantitative estimate of drug-likeness (QED) is 0.585. The topological polar surface area (TPSA) is 61.4 Å². The molecule has 0 aromatic carbocycles. The summed E-state index contributed by atoms with van der Waals surface area (Å²) in [5, 5.41) is 15.1. The van der Waals surface area contributed by atoms with Crippen molar-refractivity contribution in [2.45, 2.75) is 58.7 Å². The van der Waals surface area contributed by atoms with Crippen LogP contribution in [-0.4, -0.2) is 35.7 Å². The van der Waals surface area contributed by atoms with Gasteiger partial charge in [-0.1, -0.05) is 6.92 Å². The van der Waals surface area contributed by atoms with Gasteiger partial charge in [0, 0.05) is 12.1 Å². The van der Waals surface area contributed by atoms with Gasteiger partial charge in [-0.2, -0.15) is 0 Å². The number of carbonyl (C=O) groups is 1. The number of hydrogen-bond acceptors (Lipinski definition) is 3. The molecule has 0 saturated carbocycles. The zero-order valence-corrected chi connectivity index (χ0v) is 10.2. The van der Waals surface area contributed by atoms with Gasteiger partial charge in [-0.15, -0.1) is 0 Å². The van der Waals surface area contributed by atoms with Crippen LogP contribution in [0.15, 0.2) is 0 Å². The lowest BCUT2D eigenvalue weighted by Crippen LogP contribution is -2.42. The van der Waals surface area contributed by atoms with Crippen molar-refractivity contribution in [1.82, 2.24) is 10.6 Å². The Kier molecular flexibility index (Phi) is 7.34. The molecule has 0 fully saturated rings. The molecule has 0 bridgehead atoms. The van der Waals surface area contributed by atoms with Crippen LogP contribution in [0.3, 0.4) is 0 Å². The first-order valence-corrected chi connectivity index (χ1v) is 5.66. The molecule has 0 aromatic heterocycles. The van der Waals surface area contributed by atoms with E-state index < -0.39 is 0 Å². The van der Waals surface area contributed by atoms with Crippen LogP contribution < -0.4 is 10.6 Å². The number of hydrogen-bond donors (Lipinski definition) is 3. The first-order chi connectivity index (χ1) is 6.95. The van der Waals surface area contributed by atoms with Crippen molar-refractivity contribution >= 4 is 5.91 Å². The number of nitrogens with one attached hydrogen (secondary N) is 2. The van der Waals surface area contributed by atoms with E-state index in [-0.39, 0.29) is 18.1 Å². The summed E-state index contributed by atoms with van der Waals surface area (Å²) in [7, 11) is 0. The summed E-state index contributed by atoms with van der Waals surface area (Å²) in [4.78, 5) is 11.4. The molecule has 0 spiro atoms. The van der Waals surface area contributed by atoms with Crippen molar-refractivity contribution in [3.63, 3.8) is 0 Å². The van der Waals surface area contributed by atoms with E-state index in [1.54, 1.807) is 6.92 Å². The van der Waals surface area contributed by atoms with Crippen molar-refractivity contribution in [1.29, 1.82) is 0 Å². The fourth-order valence-corrected chi connectivity index (χ4v) is 1.31. The Balaban J connectivity index is 3.64. The third-order valence-corrected chi connectivity index (χ3v) is 2.33. The molecule has 3 N–H and O–H groups in total. The first-order valence-electron chi connectivity index (χ1n) is 5.66. The lowest BCUT2D eigenvalue weighted by molar-refractivity contribution is -0.121. The maximum absolute atomic E-state index is 11.4. The Bertz CT molecular complexity index is 183. The van der Waals surface area contributed by atoms with Crippen molar-refractivity contribution in [3.05, 3.63) is 0 Å². The van der Waals surface area contributed by atoms with Crippen LogP contribution in [0.4, 0.5) is 0 Å². The normalized spacial score (nSPS) is 16.9. The molecule has 15 heavy (non-hydrogen) atoms. The minimum atomic E-state index is -0.372. The Labute approximate surface area is 92.4 Å². The van der Waals surface area contributed by atoms with Crippen LogP contribution >= 0.6 is 0 Å². The molecule has 0 aliphatic heterocycles. The van der Waals surface area contributed by atoms with Crippen LogP contribution in [0.25, 0.3) is 0 Å². The molecule has 0 aliphatic carbocycles. The average Bonchev–Trinajstić information content (AvgIpc) is 2.12. The maximum atomic E-state index is 11.4. The number of carbonyl (C=O) groups excluding carboxylic acids is 1. The van der Waals surface area contributed by atoms with Crippen LogP contribution in [-0.2, 0) is 4.79 Å². The molecule has 0 radical (unpaired) electrons. The Morgan fingerprint density at radius 1 is 1.27 bits per heavy atom. The zero-order chi connectivity index (χ0) is 11.8. The molecule has 1 amide bonds. The van der Waals surface area contributed by atoms with Gasteiger partial charge in [0.2, 0.25) is 5.91 Å². The number of aliphatic hydroxyl groups is 1. The summed E-state index contributed by atoms with van der Waals surface area (Å²) in [6.07, 6.45) is 1.23. The molecular weight excluding hydrogens is 192 g/mol. The van der Waals surface area contributed by atoms with E-state index in [4.69, 9.17) is 5.11 Å². The standard InChI is InChI=1S/C11H24N2O2/c1-5-8(2)12-7-11(15)13-9(3)6-10(4)14/h8-10,12,14H,5-7H2,1-4H3,(H,13,15). The second-order valence-electron chi connectivity index (χ2n) is 4.24. The Morgan fingerprint density at radius 3 is 2.33 bits per heavy atom. The lowest BCUT2D eigenvalue weighted by Gasteiger charge is -2.16. The summed E-state index contributed by atoms with van der Waals surface area (Å²) in [5.74, 6) is -0.0107. The van der Waals surface area contributed by atoms with Crippen molar-refractivity contribution < 1.29 is 9.90 Å². The van der Waals surface area contributed by atoms with Crippen LogP contribution in [0.5, 0.6) is 0 Å². The van der Waals surface area contributed by atoms with Gasteiger partial charge in [0.05, 0.1) is 12.6 Å². The number of rotatable bonds is 7. The molecule has 3 atom stereocenters. The highest BCUT2D eigenvalue weighted by Crippen LogP contribution is 1.96. The predicted molar refractivity (Wildman–Crippen MR) is 61.7 cm³/mol. The molecule has 4 heteroatoms. The summed E-state index contributed by atoms with van der Waals surface area (Å²) in [5.41, 5.74) is 0. The largest absolute Gasteiger partial charge is 0.393 e. The molecule has 0 heterocycles. The Morgan fingerprint density at radius 2 is 1.87 bits per heavy atom.